The number of rotatable bonds is 2. The Balaban J connectivity index is 1.64. The Labute approximate surface area is 145 Å². The van der Waals surface area contributed by atoms with Crippen LogP contribution in [0, 0.1) is 12.8 Å². The third kappa shape index (κ3) is 2.70. The SMILES string of the molecule is Cc1cc(=O)c(O)c(CN2C[C@H]3C[C@@H](C2)c2cccc(=O)n2C3)n1C. The highest BCUT2D eigenvalue weighted by Crippen LogP contribution is 2.35. The fourth-order valence-electron chi connectivity index (χ4n) is 4.39. The second kappa shape index (κ2) is 5.88. The number of aromatic nitrogens is 2. The smallest absolute Gasteiger partial charge is 0.250 e. The lowest BCUT2D eigenvalue weighted by atomic mass is 9.83. The Morgan fingerprint density at radius 2 is 2.00 bits per heavy atom. The molecule has 132 valence electrons. The highest BCUT2D eigenvalue weighted by Gasteiger charge is 2.34. The Hall–Kier alpha value is -2.34. The molecule has 2 aromatic rings. The number of pyridine rings is 2. The Kier molecular flexibility index (Phi) is 3.80. The van der Waals surface area contributed by atoms with Crippen molar-refractivity contribution in [3.8, 4) is 5.75 Å². The summed E-state index contributed by atoms with van der Waals surface area (Å²) in [5.41, 5.74) is 2.37. The van der Waals surface area contributed by atoms with E-state index in [-0.39, 0.29) is 16.7 Å². The molecule has 2 bridgehead atoms. The molecule has 2 aliphatic heterocycles. The molecule has 6 heteroatoms. The summed E-state index contributed by atoms with van der Waals surface area (Å²) in [4.78, 5) is 26.3. The summed E-state index contributed by atoms with van der Waals surface area (Å²) < 4.78 is 3.80. The van der Waals surface area contributed by atoms with Gasteiger partial charge in [0.2, 0.25) is 5.43 Å². The summed E-state index contributed by atoms with van der Waals surface area (Å²) in [6, 6.07) is 6.98. The number of aryl methyl sites for hydroxylation is 1. The second-order valence-electron chi connectivity index (χ2n) is 7.40. The highest BCUT2D eigenvalue weighted by molar-refractivity contribution is 5.29. The number of piperidine rings is 1. The van der Waals surface area contributed by atoms with Gasteiger partial charge in [-0.25, -0.2) is 0 Å². The van der Waals surface area contributed by atoms with Crippen molar-refractivity contribution in [3.63, 3.8) is 0 Å². The average molecular weight is 341 g/mol. The summed E-state index contributed by atoms with van der Waals surface area (Å²) in [5, 5.41) is 10.2. The molecule has 1 fully saturated rings. The van der Waals surface area contributed by atoms with Crippen LogP contribution in [0.1, 0.15) is 29.4 Å². The molecule has 0 radical (unpaired) electrons. The van der Waals surface area contributed by atoms with Gasteiger partial charge in [0.1, 0.15) is 0 Å². The summed E-state index contributed by atoms with van der Waals surface area (Å²) in [5.74, 6) is 0.598. The van der Waals surface area contributed by atoms with Crippen LogP contribution in [0.2, 0.25) is 0 Å². The van der Waals surface area contributed by atoms with Crippen molar-refractivity contribution in [2.75, 3.05) is 13.1 Å². The van der Waals surface area contributed by atoms with E-state index in [0.717, 1.165) is 37.4 Å². The molecule has 2 aromatic heterocycles. The summed E-state index contributed by atoms with van der Waals surface area (Å²) >= 11 is 0. The first-order valence-corrected chi connectivity index (χ1v) is 8.74. The van der Waals surface area contributed by atoms with Crippen LogP contribution in [-0.4, -0.2) is 32.2 Å². The predicted molar refractivity (Wildman–Crippen MR) is 94.9 cm³/mol. The van der Waals surface area contributed by atoms with Crippen molar-refractivity contribution in [2.45, 2.75) is 32.4 Å². The lowest BCUT2D eigenvalue weighted by Gasteiger charge is -2.43. The number of fused-ring (bicyclic) bond motifs is 4. The van der Waals surface area contributed by atoms with Crippen molar-refractivity contribution < 1.29 is 5.11 Å². The summed E-state index contributed by atoms with van der Waals surface area (Å²) in [6.45, 7) is 4.88. The minimum atomic E-state index is -0.320. The molecule has 0 saturated carbocycles. The van der Waals surface area contributed by atoms with Gasteiger partial charge in [-0.05, 0) is 25.3 Å². The van der Waals surface area contributed by atoms with Gasteiger partial charge in [0.25, 0.3) is 5.56 Å². The third-order valence-electron chi connectivity index (χ3n) is 5.71. The van der Waals surface area contributed by atoms with Crippen molar-refractivity contribution in [1.29, 1.82) is 0 Å². The molecule has 1 saturated heterocycles. The minimum Gasteiger partial charge on any atom is -0.503 e. The van der Waals surface area contributed by atoms with Gasteiger partial charge in [0, 0.05) is 62.7 Å². The summed E-state index contributed by atoms with van der Waals surface area (Å²) in [6.07, 6.45) is 1.10. The number of hydrogen-bond acceptors (Lipinski definition) is 4. The normalized spacial score (nSPS) is 22.6. The molecular formula is C19H23N3O3. The zero-order chi connectivity index (χ0) is 17.7. The largest absolute Gasteiger partial charge is 0.503 e. The van der Waals surface area contributed by atoms with E-state index in [4.69, 9.17) is 0 Å². The average Bonchev–Trinajstić information content (AvgIpc) is 2.58. The van der Waals surface area contributed by atoms with E-state index in [1.807, 2.05) is 35.2 Å². The number of aromatic hydroxyl groups is 1. The maximum atomic E-state index is 12.1. The fourth-order valence-corrected chi connectivity index (χ4v) is 4.39. The minimum absolute atomic E-state index is 0.0828. The second-order valence-corrected chi connectivity index (χ2v) is 7.40. The zero-order valence-electron chi connectivity index (χ0n) is 14.6. The van der Waals surface area contributed by atoms with E-state index in [1.165, 1.54) is 6.07 Å². The topological polar surface area (TPSA) is 67.5 Å². The molecule has 2 atom stereocenters. The fraction of sp³-hybridized carbons (Fsp3) is 0.474. The highest BCUT2D eigenvalue weighted by atomic mass is 16.3. The number of likely N-dealkylation sites (tertiary alicyclic amines) is 1. The van der Waals surface area contributed by atoms with Gasteiger partial charge in [-0.15, -0.1) is 0 Å². The molecule has 25 heavy (non-hydrogen) atoms. The zero-order valence-corrected chi connectivity index (χ0v) is 14.6. The van der Waals surface area contributed by atoms with Crippen LogP contribution in [0.5, 0.6) is 5.75 Å². The number of hydrogen-bond donors (Lipinski definition) is 1. The van der Waals surface area contributed by atoms with Gasteiger partial charge in [-0.3, -0.25) is 14.5 Å². The van der Waals surface area contributed by atoms with E-state index < -0.39 is 0 Å². The maximum Gasteiger partial charge on any atom is 0.250 e. The monoisotopic (exact) mass is 341 g/mol. The van der Waals surface area contributed by atoms with E-state index in [1.54, 1.807) is 6.07 Å². The predicted octanol–water partition coefficient (Wildman–Crippen LogP) is 1.18. The summed E-state index contributed by atoms with van der Waals surface area (Å²) in [7, 11) is 1.88. The first-order chi connectivity index (χ1) is 11.9. The molecule has 1 N–H and O–H groups in total. The van der Waals surface area contributed by atoms with E-state index in [2.05, 4.69) is 4.90 Å². The molecule has 0 unspecified atom stereocenters. The molecule has 0 aliphatic carbocycles. The molecule has 0 aromatic carbocycles. The van der Waals surface area contributed by atoms with Gasteiger partial charge in [0.05, 0.1) is 5.69 Å². The first-order valence-electron chi connectivity index (χ1n) is 8.74. The molecule has 4 heterocycles. The van der Waals surface area contributed by atoms with Gasteiger partial charge in [-0.1, -0.05) is 6.07 Å². The Morgan fingerprint density at radius 1 is 1.20 bits per heavy atom. The maximum absolute atomic E-state index is 12.1. The van der Waals surface area contributed by atoms with Crippen molar-refractivity contribution in [2.24, 2.45) is 13.0 Å². The third-order valence-corrected chi connectivity index (χ3v) is 5.71. The van der Waals surface area contributed by atoms with Crippen LogP contribution in [0.25, 0.3) is 0 Å². The van der Waals surface area contributed by atoms with Gasteiger partial charge in [-0.2, -0.15) is 0 Å². The van der Waals surface area contributed by atoms with Gasteiger partial charge < -0.3 is 14.2 Å². The van der Waals surface area contributed by atoms with Crippen molar-refractivity contribution in [1.82, 2.24) is 14.0 Å². The lowest BCUT2D eigenvalue weighted by Crippen LogP contribution is -2.47. The molecule has 6 nitrogen and oxygen atoms in total. The van der Waals surface area contributed by atoms with Crippen LogP contribution in [-0.2, 0) is 20.1 Å². The Bertz CT molecular complexity index is 944. The quantitative estimate of drug-likeness (QED) is 0.891. The van der Waals surface area contributed by atoms with Crippen LogP contribution in [0.3, 0.4) is 0 Å². The molecule has 0 amide bonds. The molecular weight excluding hydrogens is 318 g/mol. The van der Waals surface area contributed by atoms with Crippen LogP contribution in [0.4, 0.5) is 0 Å². The molecule has 2 aliphatic rings. The van der Waals surface area contributed by atoms with E-state index >= 15 is 0 Å². The van der Waals surface area contributed by atoms with Gasteiger partial charge >= 0.3 is 0 Å². The van der Waals surface area contributed by atoms with Crippen LogP contribution in [0.15, 0.2) is 33.9 Å². The van der Waals surface area contributed by atoms with Crippen molar-refractivity contribution >= 4 is 0 Å². The van der Waals surface area contributed by atoms with Crippen LogP contribution < -0.4 is 11.0 Å². The van der Waals surface area contributed by atoms with Crippen molar-refractivity contribution in [3.05, 3.63) is 61.9 Å². The van der Waals surface area contributed by atoms with E-state index in [9.17, 15) is 14.7 Å². The van der Waals surface area contributed by atoms with Gasteiger partial charge in [0.15, 0.2) is 5.75 Å². The first kappa shape index (κ1) is 16.1. The molecule has 4 rings (SSSR count). The lowest BCUT2D eigenvalue weighted by molar-refractivity contribution is 0.111. The van der Waals surface area contributed by atoms with E-state index in [0.29, 0.717) is 24.1 Å². The number of nitrogens with zero attached hydrogens (tertiary/aromatic N) is 3. The standard InChI is InChI=1S/C19H23N3O3/c1-12-6-17(23)19(25)16(20(12)2)11-21-8-13-7-14(10-21)15-4-3-5-18(24)22(15)9-13/h3-6,13-14,25H,7-11H2,1-2H3/t13-,14+/m1/s1. The van der Waals surface area contributed by atoms with Crippen LogP contribution >= 0.6 is 0 Å². The Morgan fingerprint density at radius 3 is 2.80 bits per heavy atom. The molecule has 0 spiro atoms.